The molecule has 23 heavy (non-hydrogen) atoms. The summed E-state index contributed by atoms with van der Waals surface area (Å²) in [6.45, 7) is 0. The summed E-state index contributed by atoms with van der Waals surface area (Å²) in [6, 6.07) is 7.58. The van der Waals surface area contributed by atoms with Gasteiger partial charge in [0, 0.05) is 18.9 Å². The van der Waals surface area contributed by atoms with Gasteiger partial charge in [-0.3, -0.25) is 9.36 Å². The van der Waals surface area contributed by atoms with Crippen LogP contribution in [0.15, 0.2) is 47.7 Å². The highest BCUT2D eigenvalue weighted by molar-refractivity contribution is 7.25. The van der Waals surface area contributed by atoms with Crippen LogP contribution in [0.3, 0.4) is 0 Å². The number of aromatic nitrogens is 3. The average Bonchev–Trinajstić information content (AvgIpc) is 2.96. The van der Waals surface area contributed by atoms with Crippen LogP contribution in [-0.2, 0) is 0 Å². The van der Waals surface area contributed by atoms with Gasteiger partial charge in [0.2, 0.25) is 0 Å². The van der Waals surface area contributed by atoms with E-state index >= 15 is 0 Å². The Morgan fingerprint density at radius 1 is 1.17 bits per heavy atom. The summed E-state index contributed by atoms with van der Waals surface area (Å²) in [5.41, 5.74) is 1.90. The van der Waals surface area contributed by atoms with Crippen LogP contribution in [0.25, 0.3) is 26.1 Å². The minimum Gasteiger partial charge on any atom is -0.387 e. The fourth-order valence-corrected chi connectivity index (χ4v) is 3.60. The molecule has 114 valence electrons. The van der Waals surface area contributed by atoms with Crippen molar-refractivity contribution in [2.45, 2.75) is 0 Å². The highest BCUT2D eigenvalue weighted by Gasteiger charge is 2.15. The Bertz CT molecular complexity index is 1090. The van der Waals surface area contributed by atoms with E-state index in [1.165, 1.54) is 34.4 Å². The molecule has 0 bridgehead atoms. The van der Waals surface area contributed by atoms with Crippen molar-refractivity contribution in [3.05, 3.63) is 59.0 Å². The van der Waals surface area contributed by atoms with Gasteiger partial charge in [-0.15, -0.1) is 11.3 Å². The van der Waals surface area contributed by atoms with E-state index in [1.54, 1.807) is 18.3 Å². The van der Waals surface area contributed by atoms with Crippen molar-refractivity contribution in [2.75, 3.05) is 12.4 Å². The van der Waals surface area contributed by atoms with Gasteiger partial charge in [0.05, 0.1) is 16.6 Å². The monoisotopic (exact) mass is 326 g/mol. The van der Waals surface area contributed by atoms with Crippen LogP contribution in [-0.4, -0.2) is 21.6 Å². The lowest BCUT2D eigenvalue weighted by atomic mass is 10.2. The maximum atomic E-state index is 13.1. The van der Waals surface area contributed by atoms with Crippen molar-refractivity contribution < 1.29 is 4.39 Å². The Morgan fingerprint density at radius 2 is 1.96 bits per heavy atom. The molecule has 0 saturated carbocycles. The topological polar surface area (TPSA) is 59.8 Å². The molecule has 0 atom stereocenters. The summed E-state index contributed by atoms with van der Waals surface area (Å²) in [5, 5.41) is 3.94. The maximum Gasteiger partial charge on any atom is 0.275 e. The molecule has 0 unspecified atom stereocenters. The molecule has 0 saturated heterocycles. The molecule has 0 spiro atoms. The summed E-state index contributed by atoms with van der Waals surface area (Å²) in [4.78, 5) is 22.3. The molecule has 0 fully saturated rings. The first kappa shape index (κ1) is 13.8. The van der Waals surface area contributed by atoms with E-state index in [0.717, 1.165) is 15.9 Å². The van der Waals surface area contributed by atoms with Crippen LogP contribution in [0.2, 0.25) is 0 Å². The number of nitrogens with zero attached hydrogens (tertiary/aromatic N) is 3. The zero-order valence-corrected chi connectivity index (χ0v) is 12.9. The van der Waals surface area contributed by atoms with Crippen LogP contribution in [0.1, 0.15) is 0 Å². The van der Waals surface area contributed by atoms with E-state index in [2.05, 4.69) is 15.3 Å². The third kappa shape index (κ3) is 2.08. The average molecular weight is 326 g/mol. The number of fused-ring (bicyclic) bond motifs is 3. The first-order valence-electron chi connectivity index (χ1n) is 6.91. The SMILES string of the molecule is CNc1ccnc2sc3c(=O)n(-c4ccc(F)cc4)cnc3c12. The van der Waals surface area contributed by atoms with Crippen LogP contribution < -0.4 is 10.9 Å². The molecule has 0 aliphatic heterocycles. The highest BCUT2D eigenvalue weighted by atomic mass is 32.1. The number of rotatable bonds is 2. The van der Waals surface area contributed by atoms with E-state index in [1.807, 2.05) is 13.1 Å². The summed E-state index contributed by atoms with van der Waals surface area (Å²) < 4.78 is 15.0. The van der Waals surface area contributed by atoms with E-state index in [-0.39, 0.29) is 11.4 Å². The third-order valence-corrected chi connectivity index (χ3v) is 4.73. The maximum absolute atomic E-state index is 13.1. The number of anilines is 1. The van der Waals surface area contributed by atoms with Crippen LogP contribution in [0, 0.1) is 5.82 Å². The van der Waals surface area contributed by atoms with Gasteiger partial charge in [-0.1, -0.05) is 0 Å². The molecule has 0 aliphatic carbocycles. The number of thiophene rings is 1. The van der Waals surface area contributed by atoms with Gasteiger partial charge in [-0.2, -0.15) is 0 Å². The van der Waals surface area contributed by atoms with Crippen molar-refractivity contribution >= 4 is 37.5 Å². The minimum atomic E-state index is -0.347. The number of nitrogens with one attached hydrogen (secondary N) is 1. The van der Waals surface area contributed by atoms with Crippen molar-refractivity contribution in [2.24, 2.45) is 0 Å². The Morgan fingerprint density at radius 3 is 2.70 bits per heavy atom. The second-order valence-corrected chi connectivity index (χ2v) is 5.96. The lowest BCUT2D eigenvalue weighted by Gasteiger charge is -2.05. The molecule has 4 aromatic rings. The first-order chi connectivity index (χ1) is 11.2. The van der Waals surface area contributed by atoms with Gasteiger partial charge in [0.25, 0.3) is 5.56 Å². The van der Waals surface area contributed by atoms with Gasteiger partial charge in [-0.05, 0) is 30.3 Å². The lowest BCUT2D eigenvalue weighted by Crippen LogP contribution is -2.17. The molecule has 3 heterocycles. The van der Waals surface area contributed by atoms with Crippen molar-refractivity contribution in [3.8, 4) is 5.69 Å². The van der Waals surface area contributed by atoms with Crippen LogP contribution in [0.5, 0.6) is 0 Å². The number of hydrogen-bond donors (Lipinski definition) is 1. The van der Waals surface area contributed by atoms with E-state index < -0.39 is 0 Å². The lowest BCUT2D eigenvalue weighted by molar-refractivity contribution is 0.627. The molecule has 3 aromatic heterocycles. The number of pyridine rings is 1. The molecular weight excluding hydrogens is 315 g/mol. The smallest absolute Gasteiger partial charge is 0.275 e. The quantitative estimate of drug-likeness (QED) is 0.615. The third-order valence-electron chi connectivity index (χ3n) is 3.66. The number of hydrogen-bond acceptors (Lipinski definition) is 5. The van der Waals surface area contributed by atoms with Crippen LogP contribution >= 0.6 is 11.3 Å². The molecule has 5 nitrogen and oxygen atoms in total. The van der Waals surface area contributed by atoms with Crippen molar-refractivity contribution in [3.63, 3.8) is 0 Å². The Kier molecular flexibility index (Phi) is 3.09. The van der Waals surface area contributed by atoms with Gasteiger partial charge in [0.15, 0.2) is 0 Å². The summed E-state index contributed by atoms with van der Waals surface area (Å²) in [5.74, 6) is -0.347. The van der Waals surface area contributed by atoms with Gasteiger partial charge >= 0.3 is 0 Å². The first-order valence-corrected chi connectivity index (χ1v) is 7.73. The van der Waals surface area contributed by atoms with E-state index in [4.69, 9.17) is 0 Å². The van der Waals surface area contributed by atoms with Crippen molar-refractivity contribution in [1.29, 1.82) is 0 Å². The Hall–Kier alpha value is -2.80. The zero-order valence-electron chi connectivity index (χ0n) is 12.1. The van der Waals surface area contributed by atoms with Crippen molar-refractivity contribution in [1.82, 2.24) is 14.5 Å². The molecule has 1 N–H and O–H groups in total. The normalized spacial score (nSPS) is 11.2. The molecule has 7 heteroatoms. The summed E-state index contributed by atoms with van der Waals surface area (Å²) in [6.07, 6.45) is 3.17. The second-order valence-electron chi connectivity index (χ2n) is 4.96. The number of halogens is 1. The minimum absolute atomic E-state index is 0.188. The van der Waals surface area contributed by atoms with Crippen LogP contribution in [0.4, 0.5) is 10.1 Å². The predicted octanol–water partition coefficient (Wildman–Crippen LogP) is 3.18. The van der Waals surface area contributed by atoms with Gasteiger partial charge in [-0.25, -0.2) is 14.4 Å². The molecule has 1 aromatic carbocycles. The summed E-state index contributed by atoms with van der Waals surface area (Å²) in [7, 11) is 1.82. The molecule has 0 aliphatic rings. The fourth-order valence-electron chi connectivity index (χ4n) is 2.55. The highest BCUT2D eigenvalue weighted by Crippen LogP contribution is 2.33. The molecule has 0 amide bonds. The van der Waals surface area contributed by atoms with Gasteiger partial charge < -0.3 is 5.32 Å². The Labute approximate surface area is 134 Å². The molecule has 0 radical (unpaired) electrons. The van der Waals surface area contributed by atoms with E-state index in [9.17, 15) is 9.18 Å². The van der Waals surface area contributed by atoms with E-state index in [0.29, 0.717) is 15.9 Å². The number of benzene rings is 1. The standard InChI is InChI=1S/C16H11FN4OS/c1-18-11-6-7-19-15-12(11)13-14(23-15)16(22)21(8-20-13)10-4-2-9(17)3-5-10/h2-8H,1H3,(H,18,19). The molecular formula is C16H11FN4OS. The van der Waals surface area contributed by atoms with Gasteiger partial charge in [0.1, 0.15) is 21.7 Å². The second kappa shape index (κ2) is 5.13. The fraction of sp³-hybridized carbons (Fsp3) is 0.0625. The zero-order chi connectivity index (χ0) is 16.0. The predicted molar refractivity (Wildman–Crippen MR) is 90.0 cm³/mol. The summed E-state index contributed by atoms with van der Waals surface area (Å²) >= 11 is 1.31. The molecule has 4 rings (SSSR count). The largest absolute Gasteiger partial charge is 0.387 e. The Balaban J connectivity index is 2.04.